The third kappa shape index (κ3) is 4.76. The average Bonchev–Trinajstić information content (AvgIpc) is 3.15. The number of benzene rings is 2. The van der Waals surface area contributed by atoms with Crippen LogP contribution in [0, 0.1) is 6.92 Å². The lowest BCUT2D eigenvalue weighted by atomic mass is 10.2. The predicted molar refractivity (Wildman–Crippen MR) is 120 cm³/mol. The largest absolute Gasteiger partial charge is 0.325 e. The summed E-state index contributed by atoms with van der Waals surface area (Å²) in [7, 11) is -3.04. The molecule has 1 fully saturated rings. The minimum atomic E-state index is -3.04. The molecular weight excluding hydrogens is 430 g/mol. The Labute approximate surface area is 179 Å². The van der Waals surface area contributed by atoms with Gasteiger partial charge in [0, 0.05) is 21.6 Å². The molecule has 0 aliphatic carbocycles. The van der Waals surface area contributed by atoms with Crippen LogP contribution in [-0.4, -0.2) is 48.8 Å². The van der Waals surface area contributed by atoms with E-state index in [0.717, 1.165) is 16.9 Å². The number of aryl methyl sites for hydroxylation is 1. The van der Waals surface area contributed by atoms with Crippen LogP contribution >= 0.6 is 23.4 Å². The van der Waals surface area contributed by atoms with E-state index in [9.17, 15) is 13.2 Å². The highest BCUT2D eigenvalue weighted by molar-refractivity contribution is 8.15. The van der Waals surface area contributed by atoms with E-state index in [1.165, 1.54) is 11.8 Å². The first-order valence-corrected chi connectivity index (χ1v) is 12.2. The minimum Gasteiger partial charge on any atom is -0.325 e. The standard InChI is InChI=1S/C20H20ClN3O3S2/c1-13-5-7-15(8-6-13)22-19(25)10-24(16-4-2-3-14(21)9-16)20-23-17-11-29(26,27)12-18(17)28-20/h2-9,17-18H,10-12H2,1H3,(H,22,25)/t17-,18+/m1/s1. The Kier molecular flexibility index (Phi) is 5.59. The van der Waals surface area contributed by atoms with Crippen LogP contribution in [-0.2, 0) is 14.6 Å². The normalized spacial score (nSPS) is 22.1. The van der Waals surface area contributed by atoms with Crippen LogP contribution in [0.1, 0.15) is 5.56 Å². The van der Waals surface area contributed by atoms with E-state index in [0.29, 0.717) is 10.2 Å². The number of fused-ring (bicyclic) bond motifs is 1. The van der Waals surface area contributed by atoms with Crippen LogP contribution in [0.2, 0.25) is 5.02 Å². The summed E-state index contributed by atoms with van der Waals surface area (Å²) in [5.74, 6) is -0.0108. The number of carbonyl (C=O) groups excluding carboxylic acids is 1. The number of carbonyl (C=O) groups is 1. The molecule has 2 heterocycles. The molecule has 0 radical (unpaired) electrons. The van der Waals surface area contributed by atoms with Crippen molar-refractivity contribution in [2.75, 3.05) is 28.3 Å². The maximum atomic E-state index is 12.7. The monoisotopic (exact) mass is 449 g/mol. The fourth-order valence-electron chi connectivity index (χ4n) is 3.37. The highest BCUT2D eigenvalue weighted by atomic mass is 35.5. The van der Waals surface area contributed by atoms with Crippen molar-refractivity contribution < 1.29 is 13.2 Å². The van der Waals surface area contributed by atoms with Gasteiger partial charge in [-0.05, 0) is 37.3 Å². The third-order valence-electron chi connectivity index (χ3n) is 4.79. The molecule has 0 spiro atoms. The molecule has 2 atom stereocenters. The summed E-state index contributed by atoms with van der Waals surface area (Å²) in [5, 5.41) is 4.00. The van der Waals surface area contributed by atoms with Gasteiger partial charge in [0.2, 0.25) is 5.91 Å². The van der Waals surface area contributed by atoms with Crippen molar-refractivity contribution in [3.05, 3.63) is 59.1 Å². The quantitative estimate of drug-likeness (QED) is 0.774. The van der Waals surface area contributed by atoms with Crippen LogP contribution < -0.4 is 10.2 Å². The van der Waals surface area contributed by atoms with Gasteiger partial charge in [-0.3, -0.25) is 9.79 Å². The molecule has 152 valence electrons. The molecule has 1 saturated heterocycles. The number of anilines is 2. The summed E-state index contributed by atoms with van der Waals surface area (Å²) in [4.78, 5) is 19.2. The van der Waals surface area contributed by atoms with Crippen molar-refractivity contribution in [2.24, 2.45) is 4.99 Å². The molecule has 2 aliphatic heterocycles. The number of amides is 1. The van der Waals surface area contributed by atoms with Gasteiger partial charge in [-0.15, -0.1) is 0 Å². The van der Waals surface area contributed by atoms with Gasteiger partial charge >= 0.3 is 0 Å². The molecule has 9 heteroatoms. The molecule has 0 unspecified atom stereocenters. The first kappa shape index (κ1) is 20.3. The van der Waals surface area contributed by atoms with Crippen molar-refractivity contribution in [2.45, 2.75) is 18.2 Å². The van der Waals surface area contributed by atoms with Gasteiger partial charge in [0.15, 0.2) is 15.0 Å². The lowest BCUT2D eigenvalue weighted by Crippen LogP contribution is -2.36. The second-order valence-corrected chi connectivity index (χ2v) is 11.0. The highest BCUT2D eigenvalue weighted by Crippen LogP contribution is 2.37. The Morgan fingerprint density at radius 3 is 2.69 bits per heavy atom. The van der Waals surface area contributed by atoms with Crippen molar-refractivity contribution >= 4 is 55.6 Å². The molecule has 2 aromatic rings. The Morgan fingerprint density at radius 1 is 1.24 bits per heavy atom. The lowest BCUT2D eigenvalue weighted by Gasteiger charge is -2.24. The minimum absolute atomic E-state index is 0.0479. The SMILES string of the molecule is Cc1ccc(NC(=O)CN(C2=N[C@@H]3CS(=O)(=O)C[C@@H]3S2)c2cccc(Cl)c2)cc1. The zero-order valence-corrected chi connectivity index (χ0v) is 18.1. The second-order valence-electron chi connectivity index (χ2n) is 7.19. The van der Waals surface area contributed by atoms with Gasteiger partial charge in [-0.25, -0.2) is 8.42 Å². The smallest absolute Gasteiger partial charge is 0.244 e. The Hall–Kier alpha value is -2.03. The molecular formula is C20H20ClN3O3S2. The van der Waals surface area contributed by atoms with Crippen molar-refractivity contribution in [3.63, 3.8) is 0 Å². The lowest BCUT2D eigenvalue weighted by molar-refractivity contribution is -0.114. The summed E-state index contributed by atoms with van der Waals surface area (Å²) in [6.45, 7) is 2.03. The average molecular weight is 450 g/mol. The molecule has 0 aromatic heterocycles. The van der Waals surface area contributed by atoms with Gasteiger partial charge in [-0.1, -0.05) is 47.1 Å². The zero-order chi connectivity index (χ0) is 20.6. The molecule has 0 saturated carbocycles. The van der Waals surface area contributed by atoms with E-state index in [1.807, 2.05) is 43.3 Å². The van der Waals surface area contributed by atoms with E-state index < -0.39 is 9.84 Å². The molecule has 2 aromatic carbocycles. The Morgan fingerprint density at radius 2 is 2.00 bits per heavy atom. The number of nitrogens with zero attached hydrogens (tertiary/aromatic N) is 2. The number of hydrogen-bond donors (Lipinski definition) is 1. The van der Waals surface area contributed by atoms with Gasteiger partial charge in [0.05, 0.1) is 17.5 Å². The second kappa shape index (κ2) is 8.01. The Bertz CT molecular complexity index is 1070. The molecule has 0 bridgehead atoms. The van der Waals surface area contributed by atoms with Crippen LogP contribution in [0.5, 0.6) is 0 Å². The molecule has 1 N–H and O–H groups in total. The fourth-order valence-corrected chi connectivity index (χ4v) is 7.33. The Balaban J connectivity index is 1.56. The number of halogens is 1. The highest BCUT2D eigenvalue weighted by Gasteiger charge is 2.44. The van der Waals surface area contributed by atoms with Crippen LogP contribution in [0.15, 0.2) is 53.5 Å². The number of aliphatic imine (C=N–C) groups is 1. The van der Waals surface area contributed by atoms with Gasteiger partial charge in [0.25, 0.3) is 0 Å². The molecule has 29 heavy (non-hydrogen) atoms. The number of nitrogens with one attached hydrogen (secondary N) is 1. The summed E-state index contributed by atoms with van der Waals surface area (Å²) in [5.41, 5.74) is 2.57. The van der Waals surface area contributed by atoms with E-state index >= 15 is 0 Å². The third-order valence-corrected chi connectivity index (χ3v) is 8.28. The van der Waals surface area contributed by atoms with Gasteiger partial charge in [-0.2, -0.15) is 0 Å². The topological polar surface area (TPSA) is 78.8 Å². The molecule has 2 aliphatic rings. The number of sulfone groups is 1. The maximum Gasteiger partial charge on any atom is 0.244 e. The van der Waals surface area contributed by atoms with E-state index in [4.69, 9.17) is 11.6 Å². The number of hydrogen-bond acceptors (Lipinski definition) is 6. The number of thioether (sulfide) groups is 1. The molecule has 6 nitrogen and oxygen atoms in total. The van der Waals surface area contributed by atoms with Crippen LogP contribution in [0.3, 0.4) is 0 Å². The summed E-state index contributed by atoms with van der Waals surface area (Å²) < 4.78 is 23.7. The molecule has 4 rings (SSSR count). The first-order chi connectivity index (χ1) is 13.8. The van der Waals surface area contributed by atoms with Gasteiger partial charge < -0.3 is 10.2 Å². The molecule has 1 amide bonds. The summed E-state index contributed by atoms with van der Waals surface area (Å²) in [6, 6.07) is 14.5. The van der Waals surface area contributed by atoms with Crippen molar-refractivity contribution in [3.8, 4) is 0 Å². The van der Waals surface area contributed by atoms with Crippen molar-refractivity contribution in [1.29, 1.82) is 0 Å². The van der Waals surface area contributed by atoms with Crippen LogP contribution in [0.4, 0.5) is 11.4 Å². The van der Waals surface area contributed by atoms with E-state index in [1.54, 1.807) is 17.0 Å². The van der Waals surface area contributed by atoms with Gasteiger partial charge in [0.1, 0.15) is 6.54 Å². The fraction of sp³-hybridized carbons (Fsp3) is 0.300. The van der Waals surface area contributed by atoms with Crippen LogP contribution in [0.25, 0.3) is 0 Å². The van der Waals surface area contributed by atoms with E-state index in [-0.39, 0.29) is 35.2 Å². The zero-order valence-electron chi connectivity index (χ0n) is 15.7. The number of rotatable bonds is 4. The van der Waals surface area contributed by atoms with E-state index in [2.05, 4.69) is 10.3 Å². The number of amidine groups is 1. The summed E-state index contributed by atoms with van der Waals surface area (Å²) in [6.07, 6.45) is 0. The summed E-state index contributed by atoms with van der Waals surface area (Å²) >= 11 is 7.57. The predicted octanol–water partition coefficient (Wildman–Crippen LogP) is 3.36. The maximum absolute atomic E-state index is 12.7. The first-order valence-electron chi connectivity index (χ1n) is 9.13. The van der Waals surface area contributed by atoms with Crippen molar-refractivity contribution in [1.82, 2.24) is 0 Å².